The topological polar surface area (TPSA) is 41.1 Å². The Bertz CT molecular complexity index is 552. The first-order valence-corrected chi connectivity index (χ1v) is 6.86. The second-order valence-electron chi connectivity index (χ2n) is 4.75. The minimum absolute atomic E-state index is 0.0664. The van der Waals surface area contributed by atoms with Gasteiger partial charge in [0.2, 0.25) is 5.91 Å². The lowest BCUT2D eigenvalue weighted by Gasteiger charge is -2.09. The molecule has 0 aliphatic carbocycles. The van der Waals surface area contributed by atoms with E-state index in [0.717, 1.165) is 11.3 Å². The van der Waals surface area contributed by atoms with Crippen molar-refractivity contribution < 1.29 is 4.79 Å². The lowest BCUT2D eigenvalue weighted by atomic mass is 10.1. The van der Waals surface area contributed by atoms with Gasteiger partial charge in [-0.3, -0.25) is 4.79 Å². The summed E-state index contributed by atoms with van der Waals surface area (Å²) in [7, 11) is 0. The van der Waals surface area contributed by atoms with Crippen LogP contribution < -0.4 is 10.6 Å². The van der Waals surface area contributed by atoms with Gasteiger partial charge in [-0.1, -0.05) is 42.5 Å². The molecule has 0 bridgehead atoms. The highest BCUT2D eigenvalue weighted by atomic mass is 16.1. The van der Waals surface area contributed by atoms with Gasteiger partial charge in [0, 0.05) is 25.2 Å². The SMILES string of the molecule is Cc1ccccc1CNC(=O)CCNc1ccccc1. The summed E-state index contributed by atoms with van der Waals surface area (Å²) < 4.78 is 0. The van der Waals surface area contributed by atoms with Gasteiger partial charge in [-0.25, -0.2) is 0 Å². The number of para-hydroxylation sites is 1. The zero-order chi connectivity index (χ0) is 14.2. The fraction of sp³-hybridized carbons (Fsp3) is 0.235. The van der Waals surface area contributed by atoms with Gasteiger partial charge in [-0.05, 0) is 30.2 Å². The standard InChI is InChI=1S/C17H20N2O/c1-14-7-5-6-8-15(14)13-19-17(20)11-12-18-16-9-3-2-4-10-16/h2-10,18H,11-13H2,1H3,(H,19,20). The lowest BCUT2D eigenvalue weighted by molar-refractivity contribution is -0.121. The van der Waals surface area contributed by atoms with E-state index in [4.69, 9.17) is 0 Å². The molecule has 2 rings (SSSR count). The van der Waals surface area contributed by atoms with E-state index in [2.05, 4.69) is 23.6 Å². The molecular formula is C17H20N2O. The summed E-state index contributed by atoms with van der Waals surface area (Å²) in [4.78, 5) is 11.8. The van der Waals surface area contributed by atoms with Crippen molar-refractivity contribution in [3.8, 4) is 0 Å². The van der Waals surface area contributed by atoms with Crippen LogP contribution in [0.3, 0.4) is 0 Å². The number of anilines is 1. The quantitative estimate of drug-likeness (QED) is 0.845. The fourth-order valence-corrected chi connectivity index (χ4v) is 1.97. The largest absolute Gasteiger partial charge is 0.385 e. The summed E-state index contributed by atoms with van der Waals surface area (Å²) in [5.41, 5.74) is 3.41. The second kappa shape index (κ2) is 7.34. The van der Waals surface area contributed by atoms with E-state index in [0.29, 0.717) is 19.5 Å². The Morgan fingerprint density at radius 2 is 1.70 bits per heavy atom. The van der Waals surface area contributed by atoms with Crippen molar-refractivity contribution in [1.29, 1.82) is 0 Å². The van der Waals surface area contributed by atoms with Crippen molar-refractivity contribution in [3.63, 3.8) is 0 Å². The van der Waals surface area contributed by atoms with Gasteiger partial charge < -0.3 is 10.6 Å². The Kier molecular flexibility index (Phi) is 5.18. The normalized spacial score (nSPS) is 10.1. The number of amides is 1. The van der Waals surface area contributed by atoms with Gasteiger partial charge in [0.1, 0.15) is 0 Å². The molecule has 0 heterocycles. The van der Waals surface area contributed by atoms with Crippen LogP contribution in [0.4, 0.5) is 5.69 Å². The van der Waals surface area contributed by atoms with Crippen molar-refractivity contribution in [2.24, 2.45) is 0 Å². The predicted molar refractivity (Wildman–Crippen MR) is 82.6 cm³/mol. The molecular weight excluding hydrogens is 248 g/mol. The van der Waals surface area contributed by atoms with Crippen LogP contribution in [0.2, 0.25) is 0 Å². The Morgan fingerprint density at radius 3 is 2.45 bits per heavy atom. The molecule has 2 aromatic rings. The highest BCUT2D eigenvalue weighted by Crippen LogP contribution is 2.06. The lowest BCUT2D eigenvalue weighted by Crippen LogP contribution is -2.25. The van der Waals surface area contributed by atoms with Gasteiger partial charge in [0.05, 0.1) is 0 Å². The molecule has 0 atom stereocenters. The molecule has 0 spiro atoms. The summed E-state index contributed by atoms with van der Waals surface area (Å²) >= 11 is 0. The first kappa shape index (κ1) is 14.1. The summed E-state index contributed by atoms with van der Waals surface area (Å²) in [5.74, 6) is 0.0664. The van der Waals surface area contributed by atoms with Gasteiger partial charge in [0.15, 0.2) is 0 Å². The molecule has 0 aliphatic heterocycles. The monoisotopic (exact) mass is 268 g/mol. The average molecular weight is 268 g/mol. The molecule has 0 radical (unpaired) electrons. The van der Waals surface area contributed by atoms with Gasteiger partial charge in [-0.2, -0.15) is 0 Å². The summed E-state index contributed by atoms with van der Waals surface area (Å²) in [6.07, 6.45) is 0.473. The number of aryl methyl sites for hydroxylation is 1. The molecule has 0 fully saturated rings. The number of nitrogens with one attached hydrogen (secondary N) is 2. The molecule has 2 N–H and O–H groups in total. The van der Waals surface area contributed by atoms with E-state index < -0.39 is 0 Å². The van der Waals surface area contributed by atoms with Crippen molar-refractivity contribution in [1.82, 2.24) is 5.32 Å². The number of hydrogen-bond acceptors (Lipinski definition) is 2. The molecule has 0 aromatic heterocycles. The first-order valence-electron chi connectivity index (χ1n) is 6.86. The predicted octanol–water partition coefficient (Wildman–Crippen LogP) is 3.11. The summed E-state index contributed by atoms with van der Waals surface area (Å²) in [6.45, 7) is 3.29. The average Bonchev–Trinajstić information content (AvgIpc) is 2.47. The van der Waals surface area contributed by atoms with Crippen LogP contribution in [-0.2, 0) is 11.3 Å². The van der Waals surface area contributed by atoms with Crippen molar-refractivity contribution in [2.45, 2.75) is 19.9 Å². The zero-order valence-electron chi connectivity index (χ0n) is 11.7. The minimum atomic E-state index is 0.0664. The number of carbonyl (C=O) groups is 1. The first-order chi connectivity index (χ1) is 9.75. The summed E-state index contributed by atoms with van der Waals surface area (Å²) in [6, 6.07) is 18.0. The van der Waals surface area contributed by atoms with Gasteiger partial charge in [-0.15, -0.1) is 0 Å². The highest BCUT2D eigenvalue weighted by molar-refractivity contribution is 5.76. The number of carbonyl (C=O) groups excluding carboxylic acids is 1. The molecule has 0 saturated carbocycles. The van der Waals surface area contributed by atoms with Crippen molar-refractivity contribution >= 4 is 11.6 Å². The van der Waals surface area contributed by atoms with E-state index in [-0.39, 0.29) is 5.91 Å². The molecule has 0 unspecified atom stereocenters. The zero-order valence-corrected chi connectivity index (χ0v) is 11.7. The minimum Gasteiger partial charge on any atom is -0.385 e. The highest BCUT2D eigenvalue weighted by Gasteiger charge is 2.02. The second-order valence-corrected chi connectivity index (χ2v) is 4.75. The maximum absolute atomic E-state index is 11.8. The maximum Gasteiger partial charge on any atom is 0.222 e. The van der Waals surface area contributed by atoms with Crippen molar-refractivity contribution in [2.75, 3.05) is 11.9 Å². The molecule has 0 aliphatic rings. The van der Waals surface area contributed by atoms with Gasteiger partial charge in [0.25, 0.3) is 0 Å². The Balaban J connectivity index is 1.70. The third kappa shape index (κ3) is 4.43. The van der Waals surface area contributed by atoms with E-state index in [1.165, 1.54) is 5.56 Å². The fourth-order valence-electron chi connectivity index (χ4n) is 1.97. The van der Waals surface area contributed by atoms with Crippen LogP contribution in [0.5, 0.6) is 0 Å². The van der Waals surface area contributed by atoms with E-state index in [1.807, 2.05) is 48.5 Å². The van der Waals surface area contributed by atoms with Crippen molar-refractivity contribution in [3.05, 3.63) is 65.7 Å². The molecule has 20 heavy (non-hydrogen) atoms. The smallest absolute Gasteiger partial charge is 0.222 e. The Morgan fingerprint density at radius 1 is 1.00 bits per heavy atom. The van der Waals surface area contributed by atoms with Crippen LogP contribution in [0.15, 0.2) is 54.6 Å². The van der Waals surface area contributed by atoms with Crippen LogP contribution in [0.25, 0.3) is 0 Å². The number of hydrogen-bond donors (Lipinski definition) is 2. The molecule has 104 valence electrons. The van der Waals surface area contributed by atoms with Crippen LogP contribution >= 0.6 is 0 Å². The number of rotatable bonds is 6. The van der Waals surface area contributed by atoms with E-state index in [1.54, 1.807) is 0 Å². The van der Waals surface area contributed by atoms with E-state index in [9.17, 15) is 4.79 Å². The van der Waals surface area contributed by atoms with Gasteiger partial charge >= 0.3 is 0 Å². The van der Waals surface area contributed by atoms with Crippen LogP contribution in [0, 0.1) is 6.92 Å². The maximum atomic E-state index is 11.8. The molecule has 3 nitrogen and oxygen atoms in total. The third-order valence-corrected chi connectivity index (χ3v) is 3.19. The van der Waals surface area contributed by atoms with Crippen LogP contribution in [0.1, 0.15) is 17.5 Å². The molecule has 1 amide bonds. The molecule has 2 aromatic carbocycles. The molecule has 3 heteroatoms. The van der Waals surface area contributed by atoms with Crippen LogP contribution in [-0.4, -0.2) is 12.5 Å². The Labute approximate surface area is 120 Å². The third-order valence-electron chi connectivity index (χ3n) is 3.19. The Hall–Kier alpha value is -2.29. The van der Waals surface area contributed by atoms with E-state index >= 15 is 0 Å². The number of benzene rings is 2. The molecule has 0 saturated heterocycles. The summed E-state index contributed by atoms with van der Waals surface area (Å²) in [5, 5.41) is 6.17.